The first kappa shape index (κ1) is 21.0. The Balaban J connectivity index is 1.68. The predicted molar refractivity (Wildman–Crippen MR) is 122 cm³/mol. The van der Waals surface area contributed by atoms with Crippen molar-refractivity contribution >= 4 is 23.1 Å². The Hall–Kier alpha value is -3.28. The summed E-state index contributed by atoms with van der Waals surface area (Å²) in [6.07, 6.45) is 0. The number of methoxy groups -OCH3 is 1. The average Bonchev–Trinajstić information content (AvgIpc) is 3.05. The predicted octanol–water partition coefficient (Wildman–Crippen LogP) is 3.23. The number of carbonyl (C=O) groups excluding carboxylic acids is 2. The van der Waals surface area contributed by atoms with E-state index in [2.05, 4.69) is 41.8 Å². The third-order valence-electron chi connectivity index (χ3n) is 6.35. The Morgan fingerprint density at radius 1 is 0.871 bits per heavy atom. The zero-order chi connectivity index (χ0) is 22.1. The van der Waals surface area contributed by atoms with Gasteiger partial charge in [0, 0.05) is 44.0 Å². The molecule has 1 saturated heterocycles. The van der Waals surface area contributed by atoms with E-state index in [9.17, 15) is 9.59 Å². The number of imide groups is 1. The Labute approximate surface area is 183 Å². The minimum Gasteiger partial charge on any atom is -0.496 e. The number of benzene rings is 2. The molecule has 0 N–H and O–H groups in total. The Morgan fingerprint density at radius 3 is 2.23 bits per heavy atom. The van der Waals surface area contributed by atoms with Crippen LogP contribution in [0.25, 0.3) is 5.57 Å². The van der Waals surface area contributed by atoms with E-state index < -0.39 is 0 Å². The lowest BCUT2D eigenvalue weighted by atomic mass is 10.0. The van der Waals surface area contributed by atoms with Gasteiger partial charge in [-0.1, -0.05) is 30.3 Å². The molecule has 0 saturated carbocycles. The lowest BCUT2D eigenvalue weighted by Crippen LogP contribution is -2.47. The maximum atomic E-state index is 13.2. The van der Waals surface area contributed by atoms with Gasteiger partial charge in [-0.05, 0) is 44.0 Å². The fraction of sp³-hybridized carbons (Fsp3) is 0.360. The SMILES string of the molecule is CCN1C(=O)C(c2ccccc2OC)=C(N2CCN(c3cccc(C)c3C)CC2)C1=O. The van der Waals surface area contributed by atoms with Gasteiger partial charge in [0.25, 0.3) is 11.8 Å². The second-order valence-electron chi connectivity index (χ2n) is 7.97. The van der Waals surface area contributed by atoms with Gasteiger partial charge >= 0.3 is 0 Å². The minimum atomic E-state index is -0.246. The number of nitrogens with zero attached hydrogens (tertiary/aromatic N) is 3. The number of likely N-dealkylation sites (N-methyl/N-ethyl adjacent to an activating group) is 1. The molecule has 31 heavy (non-hydrogen) atoms. The first-order chi connectivity index (χ1) is 15.0. The number of para-hydroxylation sites is 1. The average molecular weight is 420 g/mol. The van der Waals surface area contributed by atoms with Crippen LogP contribution in [-0.2, 0) is 9.59 Å². The van der Waals surface area contributed by atoms with Crippen LogP contribution < -0.4 is 9.64 Å². The smallest absolute Gasteiger partial charge is 0.277 e. The van der Waals surface area contributed by atoms with Crippen LogP contribution in [0.2, 0.25) is 0 Å². The summed E-state index contributed by atoms with van der Waals surface area (Å²) >= 11 is 0. The summed E-state index contributed by atoms with van der Waals surface area (Å²) in [4.78, 5) is 32.2. The number of aryl methyl sites for hydroxylation is 1. The topological polar surface area (TPSA) is 53.1 Å². The summed E-state index contributed by atoms with van der Waals surface area (Å²) in [6, 6.07) is 13.8. The zero-order valence-electron chi connectivity index (χ0n) is 18.6. The molecule has 0 aromatic heterocycles. The molecule has 0 unspecified atom stereocenters. The standard InChI is InChI=1S/C25H29N3O3/c1-5-28-24(29)22(19-10-6-7-12-21(19)31-4)23(25(28)30)27-15-13-26(14-16-27)20-11-8-9-17(2)18(20)3/h6-12H,5,13-16H2,1-4H3. The number of carbonyl (C=O) groups is 2. The molecule has 6 heteroatoms. The van der Waals surface area contributed by atoms with Crippen LogP contribution >= 0.6 is 0 Å². The normalized spacial score (nSPS) is 17.1. The molecule has 2 aliphatic rings. The number of piperazine rings is 1. The van der Waals surface area contributed by atoms with Crippen molar-refractivity contribution in [2.75, 3.05) is 44.7 Å². The van der Waals surface area contributed by atoms with Crippen molar-refractivity contribution in [3.8, 4) is 5.75 Å². The molecule has 2 aliphatic heterocycles. The molecule has 2 amide bonds. The van der Waals surface area contributed by atoms with E-state index in [1.54, 1.807) is 7.11 Å². The summed E-state index contributed by atoms with van der Waals surface area (Å²) in [5.74, 6) is 0.140. The van der Waals surface area contributed by atoms with Gasteiger partial charge in [-0.25, -0.2) is 0 Å². The number of anilines is 1. The molecule has 0 bridgehead atoms. The molecule has 6 nitrogen and oxygen atoms in total. The zero-order valence-corrected chi connectivity index (χ0v) is 18.6. The molecular formula is C25H29N3O3. The third-order valence-corrected chi connectivity index (χ3v) is 6.35. The van der Waals surface area contributed by atoms with Crippen LogP contribution in [0.3, 0.4) is 0 Å². The lowest BCUT2D eigenvalue weighted by molar-refractivity contribution is -0.137. The number of amides is 2. The van der Waals surface area contributed by atoms with Crippen molar-refractivity contribution in [3.05, 3.63) is 64.9 Å². The van der Waals surface area contributed by atoms with Crippen LogP contribution in [0, 0.1) is 13.8 Å². The van der Waals surface area contributed by atoms with Crippen molar-refractivity contribution in [2.24, 2.45) is 0 Å². The Morgan fingerprint density at radius 2 is 1.55 bits per heavy atom. The molecule has 0 atom stereocenters. The van der Waals surface area contributed by atoms with Crippen molar-refractivity contribution in [2.45, 2.75) is 20.8 Å². The molecule has 162 valence electrons. The van der Waals surface area contributed by atoms with Crippen molar-refractivity contribution in [3.63, 3.8) is 0 Å². The molecule has 0 aliphatic carbocycles. The van der Waals surface area contributed by atoms with E-state index >= 15 is 0 Å². The molecule has 4 rings (SSSR count). The second kappa shape index (κ2) is 8.46. The van der Waals surface area contributed by atoms with Crippen LogP contribution in [0.5, 0.6) is 5.75 Å². The number of rotatable bonds is 5. The minimum absolute atomic E-state index is 0.214. The van der Waals surface area contributed by atoms with Crippen LogP contribution in [0.15, 0.2) is 48.2 Å². The second-order valence-corrected chi connectivity index (χ2v) is 7.97. The van der Waals surface area contributed by atoms with Crippen molar-refractivity contribution in [1.29, 1.82) is 0 Å². The molecule has 0 spiro atoms. The summed E-state index contributed by atoms with van der Waals surface area (Å²) in [5.41, 5.74) is 5.42. The van der Waals surface area contributed by atoms with Crippen LogP contribution in [-0.4, -0.2) is 61.4 Å². The molecule has 2 aromatic carbocycles. The molecule has 0 radical (unpaired) electrons. The van der Waals surface area contributed by atoms with Gasteiger partial charge in [0.2, 0.25) is 0 Å². The Bertz CT molecular complexity index is 1050. The summed E-state index contributed by atoms with van der Waals surface area (Å²) in [7, 11) is 1.58. The van der Waals surface area contributed by atoms with E-state index in [4.69, 9.17) is 4.74 Å². The number of ether oxygens (including phenoxy) is 1. The maximum absolute atomic E-state index is 13.2. The van der Waals surface area contributed by atoms with Gasteiger partial charge in [0.15, 0.2) is 0 Å². The first-order valence-corrected chi connectivity index (χ1v) is 10.8. The van der Waals surface area contributed by atoms with Crippen LogP contribution in [0.1, 0.15) is 23.6 Å². The lowest BCUT2D eigenvalue weighted by Gasteiger charge is -2.38. The summed E-state index contributed by atoms with van der Waals surface area (Å²) in [6.45, 7) is 9.40. The van der Waals surface area contributed by atoms with Crippen molar-refractivity contribution in [1.82, 2.24) is 9.80 Å². The fourth-order valence-corrected chi connectivity index (χ4v) is 4.49. The molecule has 1 fully saturated rings. The van der Waals surface area contributed by atoms with Crippen molar-refractivity contribution < 1.29 is 14.3 Å². The number of hydrogen-bond acceptors (Lipinski definition) is 5. The maximum Gasteiger partial charge on any atom is 0.277 e. The number of hydrogen-bond donors (Lipinski definition) is 0. The van der Waals surface area contributed by atoms with E-state index in [1.807, 2.05) is 31.2 Å². The monoisotopic (exact) mass is 419 g/mol. The molecular weight excluding hydrogens is 390 g/mol. The highest BCUT2D eigenvalue weighted by atomic mass is 16.5. The van der Waals surface area contributed by atoms with Gasteiger partial charge in [0.1, 0.15) is 11.4 Å². The highest BCUT2D eigenvalue weighted by molar-refractivity contribution is 6.36. The largest absolute Gasteiger partial charge is 0.496 e. The molecule has 2 heterocycles. The fourth-order valence-electron chi connectivity index (χ4n) is 4.49. The van der Waals surface area contributed by atoms with E-state index in [0.717, 1.165) is 13.1 Å². The quantitative estimate of drug-likeness (QED) is 0.697. The van der Waals surface area contributed by atoms with Gasteiger partial charge in [-0.2, -0.15) is 0 Å². The van der Waals surface area contributed by atoms with Gasteiger partial charge in [0.05, 0.1) is 12.7 Å². The van der Waals surface area contributed by atoms with E-state index in [0.29, 0.717) is 42.2 Å². The highest BCUT2D eigenvalue weighted by Gasteiger charge is 2.42. The third kappa shape index (κ3) is 3.56. The van der Waals surface area contributed by atoms with Gasteiger partial charge < -0.3 is 14.5 Å². The highest BCUT2D eigenvalue weighted by Crippen LogP contribution is 2.36. The van der Waals surface area contributed by atoms with Gasteiger partial charge in [-0.15, -0.1) is 0 Å². The van der Waals surface area contributed by atoms with Gasteiger partial charge in [-0.3, -0.25) is 14.5 Å². The first-order valence-electron chi connectivity index (χ1n) is 10.8. The summed E-state index contributed by atoms with van der Waals surface area (Å²) in [5, 5.41) is 0. The summed E-state index contributed by atoms with van der Waals surface area (Å²) < 4.78 is 5.50. The molecule has 2 aromatic rings. The van der Waals surface area contributed by atoms with E-state index in [-0.39, 0.29) is 11.8 Å². The van der Waals surface area contributed by atoms with E-state index in [1.165, 1.54) is 21.7 Å². The Kier molecular flexibility index (Phi) is 5.72. The van der Waals surface area contributed by atoms with Crippen LogP contribution in [0.4, 0.5) is 5.69 Å².